The molecule has 2 aromatic carbocycles. The van der Waals surface area contributed by atoms with E-state index in [-0.39, 0.29) is 4.90 Å². The van der Waals surface area contributed by atoms with E-state index in [1.165, 1.54) is 12.1 Å². The van der Waals surface area contributed by atoms with E-state index in [0.717, 1.165) is 0 Å². The van der Waals surface area contributed by atoms with Gasteiger partial charge < -0.3 is 5.11 Å². The van der Waals surface area contributed by atoms with Crippen molar-refractivity contribution in [3.8, 4) is 0 Å². The number of sulfone groups is 1. The molecule has 98 valence electrons. The van der Waals surface area contributed by atoms with Crippen molar-refractivity contribution in [2.24, 2.45) is 0 Å². The molecule has 0 aromatic heterocycles. The summed E-state index contributed by atoms with van der Waals surface area (Å²) in [5, 5.41) is 9.95. The van der Waals surface area contributed by atoms with E-state index < -0.39 is 20.0 Å². The van der Waals surface area contributed by atoms with Gasteiger partial charge in [0.05, 0.1) is 4.90 Å². The Morgan fingerprint density at radius 1 is 0.895 bits per heavy atom. The van der Waals surface area contributed by atoms with Crippen LogP contribution >= 0.6 is 11.6 Å². The number of rotatable bonds is 3. The number of aliphatic hydroxyl groups is 1. The zero-order chi connectivity index (χ0) is 13.9. The molecule has 0 fully saturated rings. The Kier molecular flexibility index (Phi) is 3.93. The minimum Gasteiger partial charge on any atom is -0.505 e. The molecule has 2 aromatic rings. The van der Waals surface area contributed by atoms with E-state index in [9.17, 15) is 13.5 Å². The fraction of sp³-hybridized carbons (Fsp3) is 0. The van der Waals surface area contributed by atoms with Crippen LogP contribution in [-0.4, -0.2) is 13.5 Å². The molecule has 0 aliphatic rings. The lowest BCUT2D eigenvalue weighted by molar-refractivity contribution is 0.510. The van der Waals surface area contributed by atoms with Crippen LogP contribution in [0.1, 0.15) is 5.56 Å². The van der Waals surface area contributed by atoms with Crippen LogP contribution in [0.2, 0.25) is 0 Å². The van der Waals surface area contributed by atoms with Crippen LogP contribution in [0.25, 0.3) is 5.76 Å². The highest BCUT2D eigenvalue weighted by molar-refractivity contribution is 7.97. The highest BCUT2D eigenvalue weighted by Crippen LogP contribution is 2.28. The fourth-order valence-corrected chi connectivity index (χ4v) is 3.01. The normalized spacial score (nSPS) is 12.9. The lowest BCUT2D eigenvalue weighted by atomic mass is 10.2. The van der Waals surface area contributed by atoms with Crippen molar-refractivity contribution in [1.82, 2.24) is 0 Å². The van der Waals surface area contributed by atoms with Crippen LogP contribution < -0.4 is 0 Å². The summed E-state index contributed by atoms with van der Waals surface area (Å²) in [6, 6.07) is 16.0. The molecule has 0 atom stereocenters. The summed E-state index contributed by atoms with van der Waals surface area (Å²) in [7, 11) is -3.89. The van der Waals surface area contributed by atoms with Gasteiger partial charge in [-0.1, -0.05) is 60.1 Å². The van der Waals surface area contributed by atoms with Gasteiger partial charge in [-0.05, 0) is 12.1 Å². The van der Waals surface area contributed by atoms with Gasteiger partial charge in [0.25, 0.3) is 0 Å². The minimum absolute atomic E-state index is 0.0440. The topological polar surface area (TPSA) is 54.4 Å². The van der Waals surface area contributed by atoms with Crippen LogP contribution in [0.5, 0.6) is 0 Å². The highest BCUT2D eigenvalue weighted by atomic mass is 35.5. The average Bonchev–Trinajstić information content (AvgIpc) is 2.47. The molecule has 0 bridgehead atoms. The molecule has 0 radical (unpaired) electrons. The summed E-state index contributed by atoms with van der Waals surface area (Å²) in [5.74, 6) is -0.453. The first-order chi connectivity index (χ1) is 9.03. The van der Waals surface area contributed by atoms with E-state index in [0.29, 0.717) is 5.56 Å². The van der Waals surface area contributed by atoms with E-state index in [2.05, 4.69) is 0 Å². The largest absolute Gasteiger partial charge is 0.505 e. The summed E-state index contributed by atoms with van der Waals surface area (Å²) in [6.07, 6.45) is 0. The molecule has 0 unspecified atom stereocenters. The number of halogens is 1. The Balaban J connectivity index is 2.53. The third-order valence-corrected chi connectivity index (χ3v) is 4.87. The number of hydrogen-bond donors (Lipinski definition) is 1. The summed E-state index contributed by atoms with van der Waals surface area (Å²) in [5.41, 5.74) is 0.354. The van der Waals surface area contributed by atoms with Gasteiger partial charge in [-0.3, -0.25) is 0 Å². The lowest BCUT2D eigenvalue weighted by Gasteiger charge is -2.06. The maximum Gasteiger partial charge on any atom is 0.221 e. The van der Waals surface area contributed by atoms with Crippen molar-refractivity contribution in [3.63, 3.8) is 0 Å². The molecular weight excluding hydrogens is 284 g/mol. The van der Waals surface area contributed by atoms with E-state index in [1.54, 1.807) is 48.5 Å². The molecule has 0 aliphatic heterocycles. The van der Waals surface area contributed by atoms with Crippen molar-refractivity contribution in [2.75, 3.05) is 0 Å². The molecule has 0 saturated carbocycles. The Hall–Kier alpha value is -1.78. The standard InChI is InChI=1S/C14H11ClO3S/c15-14(13(16)11-7-3-1-4-8-11)19(17,18)12-9-5-2-6-10-12/h1-10,16H. The Morgan fingerprint density at radius 2 is 1.37 bits per heavy atom. The van der Waals surface area contributed by atoms with E-state index >= 15 is 0 Å². The highest BCUT2D eigenvalue weighted by Gasteiger charge is 2.23. The summed E-state index contributed by atoms with van der Waals surface area (Å²) in [4.78, 5) is 0.0440. The Morgan fingerprint density at radius 3 is 1.89 bits per heavy atom. The van der Waals surface area contributed by atoms with Crippen molar-refractivity contribution in [2.45, 2.75) is 4.90 Å². The number of benzene rings is 2. The van der Waals surface area contributed by atoms with Crippen molar-refractivity contribution in [3.05, 3.63) is 70.6 Å². The van der Waals surface area contributed by atoms with Crippen LogP contribution in [0, 0.1) is 0 Å². The third kappa shape index (κ3) is 2.80. The van der Waals surface area contributed by atoms with Gasteiger partial charge in [-0.25, -0.2) is 8.42 Å². The molecule has 19 heavy (non-hydrogen) atoms. The van der Waals surface area contributed by atoms with Crippen LogP contribution in [-0.2, 0) is 9.84 Å². The van der Waals surface area contributed by atoms with Gasteiger partial charge in [-0.15, -0.1) is 0 Å². The predicted molar refractivity (Wildman–Crippen MR) is 75.5 cm³/mol. The Bertz CT molecular complexity index is 692. The molecule has 0 aliphatic carbocycles. The van der Waals surface area contributed by atoms with Gasteiger partial charge in [-0.2, -0.15) is 0 Å². The SMILES string of the molecule is O=S(=O)(C(Cl)=C(O)c1ccccc1)c1ccccc1. The molecule has 0 spiro atoms. The Labute approximate surface area is 116 Å². The lowest BCUT2D eigenvalue weighted by Crippen LogP contribution is -2.03. The molecule has 1 N–H and O–H groups in total. The van der Waals surface area contributed by atoms with Gasteiger partial charge in [0.2, 0.25) is 9.84 Å². The molecule has 0 amide bonds. The summed E-state index contributed by atoms with van der Waals surface area (Å²) in [6.45, 7) is 0. The first-order valence-corrected chi connectivity index (χ1v) is 7.34. The number of aliphatic hydroxyl groups excluding tert-OH is 1. The zero-order valence-electron chi connectivity index (χ0n) is 9.82. The second-order valence-electron chi connectivity index (χ2n) is 3.80. The zero-order valence-corrected chi connectivity index (χ0v) is 11.4. The van der Waals surface area contributed by atoms with E-state index in [1.807, 2.05) is 0 Å². The maximum atomic E-state index is 12.2. The monoisotopic (exact) mass is 294 g/mol. The van der Waals surface area contributed by atoms with Crippen LogP contribution in [0.4, 0.5) is 0 Å². The molecular formula is C14H11ClO3S. The molecule has 5 heteroatoms. The summed E-state index contributed by atoms with van der Waals surface area (Å²) < 4.78 is 23.8. The molecule has 3 nitrogen and oxygen atoms in total. The second kappa shape index (κ2) is 5.47. The molecule has 0 saturated heterocycles. The molecule has 0 heterocycles. The molecule has 2 rings (SSSR count). The first kappa shape index (κ1) is 13.6. The van der Waals surface area contributed by atoms with E-state index in [4.69, 9.17) is 11.6 Å². The third-order valence-electron chi connectivity index (χ3n) is 2.52. The van der Waals surface area contributed by atoms with Gasteiger partial charge >= 0.3 is 0 Å². The maximum absolute atomic E-state index is 12.2. The average molecular weight is 295 g/mol. The number of hydrogen-bond acceptors (Lipinski definition) is 3. The van der Waals surface area contributed by atoms with Gasteiger partial charge in [0.1, 0.15) is 0 Å². The quantitative estimate of drug-likeness (QED) is 0.880. The fourth-order valence-electron chi connectivity index (χ4n) is 1.54. The van der Waals surface area contributed by atoms with Gasteiger partial charge in [0, 0.05) is 5.56 Å². The smallest absolute Gasteiger partial charge is 0.221 e. The van der Waals surface area contributed by atoms with Crippen LogP contribution in [0.3, 0.4) is 0 Å². The predicted octanol–water partition coefficient (Wildman–Crippen LogP) is 3.58. The van der Waals surface area contributed by atoms with Gasteiger partial charge in [0.15, 0.2) is 10.1 Å². The summed E-state index contributed by atoms with van der Waals surface area (Å²) >= 11 is 5.83. The van der Waals surface area contributed by atoms with Crippen molar-refractivity contribution >= 4 is 27.2 Å². The minimum atomic E-state index is -3.89. The first-order valence-electron chi connectivity index (χ1n) is 5.48. The second-order valence-corrected chi connectivity index (χ2v) is 6.29. The van der Waals surface area contributed by atoms with Crippen molar-refractivity contribution in [1.29, 1.82) is 0 Å². The van der Waals surface area contributed by atoms with Crippen molar-refractivity contribution < 1.29 is 13.5 Å². The van der Waals surface area contributed by atoms with Crippen LogP contribution in [0.15, 0.2) is 69.9 Å².